The van der Waals surface area contributed by atoms with E-state index in [4.69, 9.17) is 5.73 Å². The van der Waals surface area contributed by atoms with Crippen molar-refractivity contribution in [3.63, 3.8) is 0 Å². The summed E-state index contributed by atoms with van der Waals surface area (Å²) < 4.78 is 4.11. The monoisotopic (exact) mass is 205 g/mol. The smallest absolute Gasteiger partial charge is 0.128 e. The highest BCUT2D eigenvalue weighted by atomic mass is 15.1. The molecule has 0 aliphatic rings. The molecule has 0 aliphatic carbocycles. The molecule has 0 atom stereocenters. The van der Waals surface area contributed by atoms with Crippen molar-refractivity contribution in [2.45, 2.75) is 26.6 Å². The zero-order valence-electron chi connectivity index (χ0n) is 8.80. The second-order valence-electron chi connectivity index (χ2n) is 3.37. The largest absolute Gasteiger partial charge is 0.334 e. The lowest BCUT2D eigenvalue weighted by Crippen LogP contribution is -2.06. The number of nitrogens with two attached hydrogens (primary N) is 1. The summed E-state index contributed by atoms with van der Waals surface area (Å²) >= 11 is 0. The quantitative estimate of drug-likeness (QED) is 0.795. The van der Waals surface area contributed by atoms with Crippen molar-refractivity contribution in [2.75, 3.05) is 0 Å². The first-order valence-corrected chi connectivity index (χ1v) is 5.04. The van der Waals surface area contributed by atoms with E-state index >= 15 is 0 Å². The molecule has 2 heterocycles. The van der Waals surface area contributed by atoms with Gasteiger partial charge in [0.05, 0.1) is 18.6 Å². The van der Waals surface area contributed by atoms with Gasteiger partial charge in [0.2, 0.25) is 0 Å². The lowest BCUT2D eigenvalue weighted by molar-refractivity contribution is 0.651. The van der Waals surface area contributed by atoms with E-state index < -0.39 is 0 Å². The maximum absolute atomic E-state index is 5.50. The third-order valence-corrected chi connectivity index (χ3v) is 2.36. The summed E-state index contributed by atoms with van der Waals surface area (Å²) in [5, 5.41) is 0. The van der Waals surface area contributed by atoms with Crippen molar-refractivity contribution in [1.82, 2.24) is 19.1 Å². The van der Waals surface area contributed by atoms with Gasteiger partial charge in [0.1, 0.15) is 5.82 Å². The Bertz CT molecular complexity index is 428. The Morgan fingerprint density at radius 1 is 1.40 bits per heavy atom. The Morgan fingerprint density at radius 2 is 2.27 bits per heavy atom. The molecule has 0 aliphatic heterocycles. The van der Waals surface area contributed by atoms with Gasteiger partial charge in [-0.05, 0) is 6.92 Å². The molecule has 5 nitrogen and oxygen atoms in total. The molecule has 0 saturated heterocycles. The average Bonchev–Trinajstić information content (AvgIpc) is 2.87. The topological polar surface area (TPSA) is 61.7 Å². The molecule has 0 aromatic carbocycles. The summed E-state index contributed by atoms with van der Waals surface area (Å²) in [6.45, 7) is 4.27. The van der Waals surface area contributed by atoms with Crippen LogP contribution in [0.4, 0.5) is 0 Å². The molecule has 2 aromatic heterocycles. The van der Waals surface area contributed by atoms with Gasteiger partial charge in [-0.25, -0.2) is 9.97 Å². The van der Waals surface area contributed by atoms with Gasteiger partial charge in [0.25, 0.3) is 0 Å². The Morgan fingerprint density at radius 3 is 2.93 bits per heavy atom. The Balaban J connectivity index is 2.14. The highest BCUT2D eigenvalue weighted by Gasteiger charge is 2.02. The second-order valence-corrected chi connectivity index (χ2v) is 3.37. The van der Waals surface area contributed by atoms with Crippen LogP contribution in [0.15, 0.2) is 24.9 Å². The van der Waals surface area contributed by atoms with Crippen molar-refractivity contribution >= 4 is 0 Å². The van der Waals surface area contributed by atoms with Crippen molar-refractivity contribution < 1.29 is 0 Å². The van der Waals surface area contributed by atoms with E-state index in [1.165, 1.54) is 0 Å². The third-order valence-electron chi connectivity index (χ3n) is 2.36. The maximum Gasteiger partial charge on any atom is 0.128 e. The van der Waals surface area contributed by atoms with Gasteiger partial charge in [0.15, 0.2) is 0 Å². The van der Waals surface area contributed by atoms with Gasteiger partial charge in [-0.3, -0.25) is 0 Å². The minimum atomic E-state index is 0.481. The summed E-state index contributed by atoms with van der Waals surface area (Å²) in [6, 6.07) is 0. The SMILES string of the molecule is CCn1ccnc1Cn1cnc(CN)c1. The summed E-state index contributed by atoms with van der Waals surface area (Å²) in [5.74, 6) is 1.04. The molecule has 0 saturated carbocycles. The van der Waals surface area contributed by atoms with Crippen molar-refractivity contribution in [3.8, 4) is 0 Å². The van der Waals surface area contributed by atoms with Gasteiger partial charge >= 0.3 is 0 Å². The van der Waals surface area contributed by atoms with Gasteiger partial charge in [-0.2, -0.15) is 0 Å². The third kappa shape index (κ3) is 2.07. The zero-order chi connectivity index (χ0) is 10.7. The lowest BCUT2D eigenvalue weighted by atomic mass is 10.5. The second kappa shape index (κ2) is 4.27. The van der Waals surface area contributed by atoms with Crippen LogP contribution in [0, 0.1) is 0 Å². The Hall–Kier alpha value is -1.62. The van der Waals surface area contributed by atoms with E-state index in [-0.39, 0.29) is 0 Å². The molecule has 2 N–H and O–H groups in total. The molecule has 2 aromatic rings. The molecular formula is C10H15N5. The molecule has 0 fully saturated rings. The number of aromatic nitrogens is 4. The summed E-state index contributed by atoms with van der Waals surface area (Å²) in [4.78, 5) is 8.47. The Labute approximate surface area is 88.6 Å². The molecule has 5 heteroatoms. The molecule has 15 heavy (non-hydrogen) atoms. The first-order chi connectivity index (χ1) is 7.33. The molecule has 0 amide bonds. The van der Waals surface area contributed by atoms with Crippen LogP contribution in [0.1, 0.15) is 18.4 Å². The number of nitrogens with zero attached hydrogens (tertiary/aromatic N) is 4. The summed E-state index contributed by atoms with van der Waals surface area (Å²) in [6.07, 6.45) is 7.54. The van der Waals surface area contributed by atoms with Crippen LogP contribution in [-0.4, -0.2) is 19.1 Å². The number of hydrogen-bond acceptors (Lipinski definition) is 3. The number of hydrogen-bond donors (Lipinski definition) is 1. The number of aryl methyl sites for hydroxylation is 1. The number of imidazole rings is 2. The van der Waals surface area contributed by atoms with Crippen molar-refractivity contribution in [2.24, 2.45) is 5.73 Å². The molecule has 0 unspecified atom stereocenters. The molecule has 0 bridgehead atoms. The highest BCUT2D eigenvalue weighted by molar-refractivity contribution is 4.99. The fourth-order valence-electron chi connectivity index (χ4n) is 1.54. The van der Waals surface area contributed by atoms with Crippen LogP contribution < -0.4 is 5.73 Å². The first-order valence-electron chi connectivity index (χ1n) is 5.04. The van der Waals surface area contributed by atoms with Crippen molar-refractivity contribution in [3.05, 3.63) is 36.4 Å². The average molecular weight is 205 g/mol. The molecule has 0 radical (unpaired) electrons. The molecule has 80 valence electrons. The van der Waals surface area contributed by atoms with Crippen LogP contribution >= 0.6 is 0 Å². The molecule has 0 spiro atoms. The molecule has 2 rings (SSSR count). The predicted molar refractivity (Wildman–Crippen MR) is 57.1 cm³/mol. The summed E-state index contributed by atoms with van der Waals surface area (Å²) in [7, 11) is 0. The highest BCUT2D eigenvalue weighted by Crippen LogP contribution is 2.02. The summed E-state index contributed by atoms with van der Waals surface area (Å²) in [5.41, 5.74) is 6.40. The van der Waals surface area contributed by atoms with Crippen LogP contribution in [0.25, 0.3) is 0 Å². The van der Waals surface area contributed by atoms with Crippen LogP contribution in [-0.2, 0) is 19.6 Å². The van der Waals surface area contributed by atoms with Gasteiger partial charge in [0, 0.05) is 31.7 Å². The van der Waals surface area contributed by atoms with E-state index in [0.717, 1.165) is 24.6 Å². The normalized spacial score (nSPS) is 10.8. The van der Waals surface area contributed by atoms with Gasteiger partial charge < -0.3 is 14.9 Å². The van der Waals surface area contributed by atoms with E-state index in [9.17, 15) is 0 Å². The Kier molecular flexibility index (Phi) is 2.82. The predicted octanol–water partition coefficient (Wildman–Crippen LogP) is 0.606. The zero-order valence-corrected chi connectivity index (χ0v) is 8.80. The standard InChI is InChI=1S/C10H15N5/c1-2-15-4-3-12-10(15)7-14-6-9(5-11)13-8-14/h3-4,6,8H,2,5,7,11H2,1H3. The maximum atomic E-state index is 5.50. The fraction of sp³-hybridized carbons (Fsp3) is 0.400. The lowest BCUT2D eigenvalue weighted by Gasteiger charge is -2.04. The van der Waals surface area contributed by atoms with E-state index in [0.29, 0.717) is 6.54 Å². The van der Waals surface area contributed by atoms with Crippen molar-refractivity contribution in [1.29, 1.82) is 0 Å². The van der Waals surface area contributed by atoms with E-state index in [1.807, 2.05) is 23.2 Å². The van der Waals surface area contributed by atoms with Crippen LogP contribution in [0.2, 0.25) is 0 Å². The van der Waals surface area contributed by atoms with E-state index in [2.05, 4.69) is 21.5 Å². The van der Waals surface area contributed by atoms with Crippen LogP contribution in [0.3, 0.4) is 0 Å². The van der Waals surface area contributed by atoms with Gasteiger partial charge in [-0.1, -0.05) is 0 Å². The first kappa shape index (κ1) is 9.92. The minimum Gasteiger partial charge on any atom is -0.334 e. The fourth-order valence-corrected chi connectivity index (χ4v) is 1.54. The minimum absolute atomic E-state index is 0.481. The number of rotatable bonds is 4. The van der Waals surface area contributed by atoms with E-state index in [1.54, 1.807) is 6.33 Å². The molecular weight excluding hydrogens is 190 g/mol. The van der Waals surface area contributed by atoms with Gasteiger partial charge in [-0.15, -0.1) is 0 Å². The van der Waals surface area contributed by atoms with Crippen LogP contribution in [0.5, 0.6) is 0 Å².